The molecule has 0 saturated carbocycles. The Hall–Kier alpha value is -0.463. The molecule has 0 aliphatic heterocycles. The summed E-state index contributed by atoms with van der Waals surface area (Å²) in [6, 6.07) is 0. The zero-order valence-corrected chi connectivity index (χ0v) is 6.25. The van der Waals surface area contributed by atoms with Crippen molar-refractivity contribution in [3.8, 4) is 0 Å². The Balaban J connectivity index is 3.06. The first-order valence-electron chi connectivity index (χ1n) is 2.35. The summed E-state index contributed by atoms with van der Waals surface area (Å²) in [5, 5.41) is 0. The van der Waals surface area contributed by atoms with Gasteiger partial charge < -0.3 is 9.15 Å². The fourth-order valence-electron chi connectivity index (χ4n) is 0.189. The average Bonchev–Trinajstić information content (AvgIpc) is 1.85. The van der Waals surface area contributed by atoms with Crippen molar-refractivity contribution in [3.63, 3.8) is 0 Å². The summed E-state index contributed by atoms with van der Waals surface area (Å²) >= 11 is 0. The molecule has 0 unspecified atom stereocenters. The van der Waals surface area contributed by atoms with Crippen molar-refractivity contribution in [1.82, 2.24) is 0 Å². The van der Waals surface area contributed by atoms with Crippen molar-refractivity contribution >= 4 is 9.17 Å². The Kier molecular flexibility index (Phi) is 5.38. The van der Waals surface area contributed by atoms with Crippen LogP contribution in [0.15, 0.2) is 0 Å². The van der Waals surface area contributed by atoms with E-state index in [2.05, 4.69) is 18.9 Å². The lowest BCUT2D eigenvalue weighted by atomic mass is 10.9. The molecule has 5 nitrogen and oxygen atoms in total. The normalized spacial score (nSPS) is 8.67. The summed E-state index contributed by atoms with van der Waals surface area (Å²) in [5.74, 6) is 0. The molecule has 54 valence electrons. The predicted octanol–water partition coefficient (Wildman–Crippen LogP) is -0.0521. The van der Waals surface area contributed by atoms with Gasteiger partial charge in [-0.1, -0.05) is 0 Å². The van der Waals surface area contributed by atoms with Gasteiger partial charge in [0, 0.05) is 0 Å². The van der Waals surface area contributed by atoms with E-state index in [4.69, 9.17) is 0 Å². The van der Waals surface area contributed by atoms with Gasteiger partial charge in [-0.15, -0.1) is 0 Å². The molecule has 0 amide bonds. The lowest BCUT2D eigenvalue weighted by Gasteiger charge is -1.97. The van der Waals surface area contributed by atoms with Crippen molar-refractivity contribution in [1.29, 1.82) is 0 Å². The van der Waals surface area contributed by atoms with Crippen molar-refractivity contribution < 1.29 is 23.4 Å². The van der Waals surface area contributed by atoms with Gasteiger partial charge in [0.05, 0.1) is 13.7 Å². The highest BCUT2D eigenvalue weighted by atomic mass is 28.3. The molecule has 0 spiro atoms. The third kappa shape index (κ3) is 5.41. The molecule has 0 bridgehead atoms. The van der Waals surface area contributed by atoms with E-state index in [0.29, 0.717) is 6.61 Å². The van der Waals surface area contributed by atoms with Crippen LogP contribution >= 0.6 is 0 Å². The van der Waals surface area contributed by atoms with Gasteiger partial charge in [0.2, 0.25) is 0 Å². The minimum Gasteiger partial charge on any atom is -0.327 e. The maximum Gasteiger partial charge on any atom is 0.834 e. The second-order valence-electron chi connectivity index (χ2n) is 0.990. The fraction of sp³-hybridized carbons (Fsp3) is 1.00. The Bertz CT molecular complexity index is 84.3. The largest absolute Gasteiger partial charge is 0.834 e. The average molecular weight is 152 g/mol. The number of hydrogen-bond donors (Lipinski definition) is 0. The highest BCUT2D eigenvalue weighted by molar-refractivity contribution is 6.25. The van der Waals surface area contributed by atoms with E-state index in [1.54, 1.807) is 6.92 Å². The molecule has 0 aromatic rings. The highest BCUT2D eigenvalue weighted by Gasteiger charge is 2.12. The van der Waals surface area contributed by atoms with Crippen molar-refractivity contribution in [2.45, 2.75) is 6.92 Å². The highest BCUT2D eigenvalue weighted by Crippen LogP contribution is 1.80. The molecule has 0 atom stereocenters. The quantitative estimate of drug-likeness (QED) is 0.314. The molecule has 0 heterocycles. The topological polar surface area (TPSA) is 54.0 Å². The van der Waals surface area contributed by atoms with E-state index in [0.717, 1.165) is 0 Å². The van der Waals surface area contributed by atoms with Crippen molar-refractivity contribution in [2.24, 2.45) is 0 Å². The zero-order valence-electron chi connectivity index (χ0n) is 5.25. The van der Waals surface area contributed by atoms with Gasteiger partial charge >= 0.3 is 9.17 Å². The van der Waals surface area contributed by atoms with Crippen molar-refractivity contribution in [2.75, 3.05) is 13.7 Å². The van der Waals surface area contributed by atoms with Gasteiger partial charge in [-0.25, -0.2) is 4.89 Å². The minimum atomic E-state index is -2.60. The summed E-state index contributed by atoms with van der Waals surface area (Å²) in [6.45, 7) is 2.02. The second kappa shape index (κ2) is 5.67. The third-order valence-corrected chi connectivity index (χ3v) is 0.953. The Labute approximate surface area is 54.2 Å². The molecular formula is C3H8O5Si. The summed E-state index contributed by atoms with van der Waals surface area (Å²) in [6.07, 6.45) is 0. The first kappa shape index (κ1) is 8.54. The molecule has 0 fully saturated rings. The van der Waals surface area contributed by atoms with Crippen LogP contribution in [0.1, 0.15) is 6.92 Å². The van der Waals surface area contributed by atoms with Crippen LogP contribution in [0.25, 0.3) is 0 Å². The van der Waals surface area contributed by atoms with Gasteiger partial charge in [-0.05, 0) is 6.92 Å². The maximum atomic E-state index is 10.3. The van der Waals surface area contributed by atoms with E-state index in [1.807, 2.05) is 0 Å². The SMILES string of the molecule is CCOO[Si](=O)OOC. The van der Waals surface area contributed by atoms with E-state index in [1.165, 1.54) is 7.11 Å². The molecule has 6 heteroatoms. The van der Waals surface area contributed by atoms with Crippen LogP contribution in [0.2, 0.25) is 0 Å². The minimum absolute atomic E-state index is 0.323. The van der Waals surface area contributed by atoms with E-state index < -0.39 is 9.17 Å². The lowest BCUT2D eigenvalue weighted by molar-refractivity contribution is -0.273. The van der Waals surface area contributed by atoms with Gasteiger partial charge in [-0.3, -0.25) is 4.46 Å². The van der Waals surface area contributed by atoms with E-state index >= 15 is 0 Å². The maximum absolute atomic E-state index is 10.3. The zero-order chi connectivity index (χ0) is 7.11. The molecule has 0 aromatic carbocycles. The lowest BCUT2D eigenvalue weighted by Crippen LogP contribution is -2.11. The summed E-state index contributed by atoms with van der Waals surface area (Å²) in [7, 11) is -1.36. The molecule has 0 radical (unpaired) electrons. The molecule has 0 saturated heterocycles. The Morgan fingerprint density at radius 2 is 2.11 bits per heavy atom. The van der Waals surface area contributed by atoms with Crippen LogP contribution in [-0.4, -0.2) is 22.9 Å². The molecule has 0 aromatic heterocycles. The molecular weight excluding hydrogens is 144 g/mol. The van der Waals surface area contributed by atoms with Crippen LogP contribution in [0.3, 0.4) is 0 Å². The summed E-state index contributed by atoms with van der Waals surface area (Å²) < 4.78 is 18.5. The van der Waals surface area contributed by atoms with E-state index in [9.17, 15) is 4.46 Å². The Morgan fingerprint density at radius 3 is 2.56 bits per heavy atom. The van der Waals surface area contributed by atoms with Crippen LogP contribution in [-0.2, 0) is 23.4 Å². The van der Waals surface area contributed by atoms with Crippen LogP contribution in [0.5, 0.6) is 0 Å². The van der Waals surface area contributed by atoms with Crippen LogP contribution < -0.4 is 0 Å². The predicted molar refractivity (Wildman–Crippen MR) is 27.2 cm³/mol. The molecule has 0 aliphatic carbocycles. The van der Waals surface area contributed by atoms with Crippen LogP contribution in [0, 0.1) is 0 Å². The first-order chi connectivity index (χ1) is 4.31. The number of rotatable bonds is 5. The monoisotopic (exact) mass is 152 g/mol. The van der Waals surface area contributed by atoms with Crippen LogP contribution in [0.4, 0.5) is 0 Å². The molecule has 0 rings (SSSR count). The van der Waals surface area contributed by atoms with Gasteiger partial charge in [0.15, 0.2) is 0 Å². The molecule has 0 aliphatic rings. The summed E-state index contributed by atoms with van der Waals surface area (Å²) in [4.78, 5) is 8.30. The fourth-order valence-corrected chi connectivity index (χ4v) is 0.567. The second-order valence-corrected chi connectivity index (χ2v) is 1.82. The Morgan fingerprint density at radius 1 is 1.44 bits per heavy atom. The molecule has 0 N–H and O–H groups in total. The molecule has 9 heavy (non-hydrogen) atoms. The van der Waals surface area contributed by atoms with Gasteiger partial charge in [-0.2, -0.15) is 4.89 Å². The van der Waals surface area contributed by atoms with E-state index in [-0.39, 0.29) is 0 Å². The van der Waals surface area contributed by atoms with Crippen molar-refractivity contribution in [3.05, 3.63) is 0 Å². The van der Waals surface area contributed by atoms with Gasteiger partial charge in [0.25, 0.3) is 0 Å². The smallest absolute Gasteiger partial charge is 0.327 e. The first-order valence-corrected chi connectivity index (χ1v) is 3.57. The summed E-state index contributed by atoms with van der Waals surface area (Å²) in [5.41, 5.74) is 0. The number of hydrogen-bond acceptors (Lipinski definition) is 5. The van der Waals surface area contributed by atoms with Gasteiger partial charge in [0.1, 0.15) is 0 Å². The standard InChI is InChI=1S/C3H8O5Si/c1-3-6-8-9(4)7-5-2/h3H2,1-2H3. The third-order valence-electron chi connectivity index (χ3n) is 0.396.